The van der Waals surface area contributed by atoms with Gasteiger partial charge in [-0.05, 0) is 66.3 Å². The molecule has 0 amide bonds. The number of benzene rings is 2. The fourth-order valence-corrected chi connectivity index (χ4v) is 4.00. The van der Waals surface area contributed by atoms with Crippen LogP contribution in [-0.2, 0) is 31.2 Å². The second kappa shape index (κ2) is 4.46. The molecule has 2 aromatic carbocycles. The second-order valence-electron chi connectivity index (χ2n) is 6.45. The van der Waals surface area contributed by atoms with Crippen molar-refractivity contribution in [1.29, 1.82) is 0 Å². The maximum Gasteiger partial charge on any atom is 0.0456 e. The number of nitrogens with two attached hydrogens (primary N) is 1. The molecule has 2 N–H and O–H groups in total. The smallest absolute Gasteiger partial charge is 0.0456 e. The molecule has 1 heteroatoms. The van der Waals surface area contributed by atoms with E-state index >= 15 is 0 Å². The zero-order chi connectivity index (χ0) is 13.6. The summed E-state index contributed by atoms with van der Waals surface area (Å²) < 4.78 is 0. The van der Waals surface area contributed by atoms with Crippen LogP contribution in [0.1, 0.15) is 40.7 Å². The highest BCUT2D eigenvalue weighted by Gasteiger charge is 2.34. The van der Waals surface area contributed by atoms with Gasteiger partial charge in [-0.1, -0.05) is 42.5 Å². The van der Waals surface area contributed by atoms with Crippen molar-refractivity contribution in [2.24, 2.45) is 5.73 Å². The van der Waals surface area contributed by atoms with E-state index in [1.807, 2.05) is 0 Å². The Morgan fingerprint density at radius 3 is 2.70 bits per heavy atom. The van der Waals surface area contributed by atoms with Crippen molar-refractivity contribution in [2.45, 2.75) is 44.1 Å². The summed E-state index contributed by atoms with van der Waals surface area (Å²) in [5.74, 6) is 0. The van der Waals surface area contributed by atoms with E-state index in [-0.39, 0.29) is 5.54 Å². The molecule has 0 bridgehead atoms. The molecule has 102 valence electrons. The van der Waals surface area contributed by atoms with Gasteiger partial charge >= 0.3 is 0 Å². The quantitative estimate of drug-likeness (QED) is 0.881. The van der Waals surface area contributed by atoms with Crippen LogP contribution in [0.15, 0.2) is 42.5 Å². The van der Waals surface area contributed by atoms with Gasteiger partial charge in [0.25, 0.3) is 0 Å². The minimum atomic E-state index is -0.163. The van der Waals surface area contributed by atoms with E-state index in [0.717, 1.165) is 19.3 Å². The van der Waals surface area contributed by atoms with E-state index < -0.39 is 0 Å². The molecule has 0 saturated carbocycles. The van der Waals surface area contributed by atoms with Crippen LogP contribution in [0.2, 0.25) is 0 Å². The van der Waals surface area contributed by atoms with Gasteiger partial charge in [0.1, 0.15) is 0 Å². The van der Waals surface area contributed by atoms with Crippen LogP contribution in [0.25, 0.3) is 0 Å². The lowest BCUT2D eigenvalue weighted by atomic mass is 9.85. The average Bonchev–Trinajstić information content (AvgIpc) is 3.04. The molecular formula is C19H21N. The van der Waals surface area contributed by atoms with Gasteiger partial charge in [-0.15, -0.1) is 0 Å². The first kappa shape index (κ1) is 12.2. The fraction of sp³-hybridized carbons (Fsp3) is 0.368. The Labute approximate surface area is 120 Å². The monoisotopic (exact) mass is 263 g/mol. The molecule has 0 fully saturated rings. The summed E-state index contributed by atoms with van der Waals surface area (Å²) in [4.78, 5) is 0. The highest BCUT2D eigenvalue weighted by atomic mass is 14.8. The maximum absolute atomic E-state index is 6.75. The summed E-state index contributed by atoms with van der Waals surface area (Å²) in [7, 11) is 0. The summed E-state index contributed by atoms with van der Waals surface area (Å²) in [5.41, 5.74) is 13.9. The van der Waals surface area contributed by atoms with Gasteiger partial charge in [-0.25, -0.2) is 0 Å². The number of rotatable bonds is 2. The Kier molecular flexibility index (Phi) is 2.71. The van der Waals surface area contributed by atoms with E-state index in [9.17, 15) is 0 Å². The molecule has 0 heterocycles. The Bertz CT molecular complexity index is 659. The predicted molar refractivity (Wildman–Crippen MR) is 82.8 cm³/mol. The molecule has 2 aliphatic carbocycles. The van der Waals surface area contributed by atoms with Crippen molar-refractivity contribution in [3.63, 3.8) is 0 Å². The molecule has 0 aromatic heterocycles. The van der Waals surface area contributed by atoms with Crippen molar-refractivity contribution >= 4 is 0 Å². The summed E-state index contributed by atoms with van der Waals surface area (Å²) in [6.45, 7) is 0. The number of aryl methyl sites for hydroxylation is 3. The Hall–Kier alpha value is -1.60. The summed E-state index contributed by atoms with van der Waals surface area (Å²) in [6.07, 6.45) is 6.98. The Balaban J connectivity index is 1.66. The molecule has 4 rings (SSSR count). The van der Waals surface area contributed by atoms with Gasteiger partial charge in [0.2, 0.25) is 0 Å². The minimum Gasteiger partial charge on any atom is -0.321 e. The van der Waals surface area contributed by atoms with Gasteiger partial charge in [0, 0.05) is 5.54 Å². The summed E-state index contributed by atoms with van der Waals surface area (Å²) in [6, 6.07) is 15.7. The average molecular weight is 263 g/mol. The van der Waals surface area contributed by atoms with Crippen molar-refractivity contribution in [3.05, 3.63) is 70.3 Å². The van der Waals surface area contributed by atoms with Gasteiger partial charge in [-0.2, -0.15) is 0 Å². The fourth-order valence-electron chi connectivity index (χ4n) is 4.00. The van der Waals surface area contributed by atoms with E-state index in [1.54, 1.807) is 11.1 Å². The number of hydrogen-bond acceptors (Lipinski definition) is 1. The first-order valence-electron chi connectivity index (χ1n) is 7.73. The molecule has 0 radical (unpaired) electrons. The molecule has 1 nitrogen and oxygen atoms in total. The van der Waals surface area contributed by atoms with Crippen LogP contribution in [0.3, 0.4) is 0 Å². The Morgan fingerprint density at radius 2 is 1.75 bits per heavy atom. The third-order valence-electron chi connectivity index (χ3n) is 5.08. The second-order valence-corrected chi connectivity index (χ2v) is 6.45. The lowest BCUT2D eigenvalue weighted by Crippen LogP contribution is -2.36. The lowest BCUT2D eigenvalue weighted by Gasteiger charge is -2.26. The molecule has 1 unspecified atom stereocenters. The first-order valence-corrected chi connectivity index (χ1v) is 7.73. The molecule has 0 saturated heterocycles. The van der Waals surface area contributed by atoms with Gasteiger partial charge in [0.05, 0.1) is 0 Å². The standard InChI is InChI=1S/C19H21N/c20-19(11-10-16-4-1-2-7-18(16)19)13-14-8-9-15-5-3-6-17(15)12-14/h1-2,4,7-9,12H,3,5-6,10-11,13,20H2. The van der Waals surface area contributed by atoms with Crippen molar-refractivity contribution in [2.75, 3.05) is 0 Å². The predicted octanol–water partition coefficient (Wildman–Crippen LogP) is 3.52. The van der Waals surface area contributed by atoms with Crippen LogP contribution in [0.5, 0.6) is 0 Å². The largest absolute Gasteiger partial charge is 0.321 e. The number of fused-ring (bicyclic) bond motifs is 2. The molecule has 0 aliphatic heterocycles. The van der Waals surface area contributed by atoms with Crippen molar-refractivity contribution < 1.29 is 0 Å². The molecule has 2 aliphatic rings. The topological polar surface area (TPSA) is 26.0 Å². The molecule has 2 aromatic rings. The first-order chi connectivity index (χ1) is 9.74. The van der Waals surface area contributed by atoms with Crippen LogP contribution in [0.4, 0.5) is 0 Å². The van der Waals surface area contributed by atoms with Crippen LogP contribution in [-0.4, -0.2) is 0 Å². The highest BCUT2D eigenvalue weighted by Crippen LogP contribution is 2.37. The van der Waals surface area contributed by atoms with Gasteiger partial charge in [-0.3, -0.25) is 0 Å². The van der Waals surface area contributed by atoms with Crippen LogP contribution < -0.4 is 5.73 Å². The summed E-state index contributed by atoms with van der Waals surface area (Å²) in [5, 5.41) is 0. The third-order valence-corrected chi connectivity index (χ3v) is 5.08. The van der Waals surface area contributed by atoms with E-state index in [0.29, 0.717) is 0 Å². The lowest BCUT2D eigenvalue weighted by molar-refractivity contribution is 0.439. The van der Waals surface area contributed by atoms with Crippen LogP contribution >= 0.6 is 0 Å². The van der Waals surface area contributed by atoms with Gasteiger partial charge in [0.15, 0.2) is 0 Å². The SMILES string of the molecule is NC1(Cc2ccc3c(c2)CCC3)CCc2ccccc21. The van der Waals surface area contributed by atoms with E-state index in [2.05, 4.69) is 42.5 Å². The van der Waals surface area contributed by atoms with Crippen molar-refractivity contribution in [1.82, 2.24) is 0 Å². The molecular weight excluding hydrogens is 242 g/mol. The normalized spacial score (nSPS) is 23.6. The maximum atomic E-state index is 6.75. The zero-order valence-corrected chi connectivity index (χ0v) is 11.9. The minimum absolute atomic E-state index is 0.163. The van der Waals surface area contributed by atoms with E-state index in [1.165, 1.54) is 36.0 Å². The molecule has 20 heavy (non-hydrogen) atoms. The summed E-state index contributed by atoms with van der Waals surface area (Å²) >= 11 is 0. The Morgan fingerprint density at radius 1 is 0.900 bits per heavy atom. The third kappa shape index (κ3) is 1.89. The van der Waals surface area contributed by atoms with Crippen LogP contribution in [0, 0.1) is 0 Å². The highest BCUT2D eigenvalue weighted by molar-refractivity contribution is 5.42. The van der Waals surface area contributed by atoms with Crippen molar-refractivity contribution in [3.8, 4) is 0 Å². The molecule has 0 spiro atoms. The molecule has 1 atom stereocenters. The number of hydrogen-bond donors (Lipinski definition) is 1. The van der Waals surface area contributed by atoms with E-state index in [4.69, 9.17) is 5.73 Å². The zero-order valence-electron chi connectivity index (χ0n) is 11.9. The van der Waals surface area contributed by atoms with Gasteiger partial charge < -0.3 is 5.73 Å².